The van der Waals surface area contributed by atoms with Gasteiger partial charge >= 0.3 is 0 Å². The van der Waals surface area contributed by atoms with Gasteiger partial charge in [-0.3, -0.25) is 0 Å². The highest BCUT2D eigenvalue weighted by Gasteiger charge is 1.45. The average Bonchev–Trinajstić information content (AvgIpc) is 3.10. The van der Waals surface area contributed by atoms with E-state index in [9.17, 15) is 0 Å². The summed E-state index contributed by atoms with van der Waals surface area (Å²) in [5, 5.41) is 0. The topological polar surface area (TPSA) is 0 Å². The zero-order valence-electron chi connectivity index (χ0n) is 24.4. The molecule has 0 heterocycles. The Morgan fingerprint density at radius 3 is 0.229 bits per heavy atom. The van der Waals surface area contributed by atoms with Crippen molar-refractivity contribution in [3.8, 4) is 0 Å². The molecule has 0 bridgehead atoms. The summed E-state index contributed by atoms with van der Waals surface area (Å²) in [5.74, 6) is 0. The number of rotatable bonds is 0. The summed E-state index contributed by atoms with van der Waals surface area (Å²) >= 11 is 0. The normalized spacial score (nSPS) is 3.92. The van der Waals surface area contributed by atoms with E-state index in [0.717, 1.165) is 0 Å². The fraction of sp³-hybridized carbons (Fsp3) is 0. The van der Waals surface area contributed by atoms with Crippen LogP contribution in [0.5, 0.6) is 0 Å². The second kappa shape index (κ2) is 36.6. The molecule has 0 unspecified atom stereocenters. The molecule has 0 aliphatic rings. The first-order valence-electron chi connectivity index (χ1n) is 12.0. The molecule has 0 rings (SSSR count). The first-order valence-corrected chi connectivity index (χ1v) is 12.0. The Bertz CT molecular complexity index is 3030. The molecule has 0 atom stereocenters. The maximum absolute atomic E-state index is 3.31. The van der Waals surface area contributed by atoms with Crippen molar-refractivity contribution in [3.05, 3.63) is 277 Å². The van der Waals surface area contributed by atoms with Crippen LogP contribution in [-0.2, 0) is 0 Å². The first kappa shape index (κ1) is 37.6. The Balaban J connectivity index is 6.07. The van der Waals surface area contributed by atoms with Crippen molar-refractivity contribution >= 4 is 0 Å². The third kappa shape index (κ3) is 35.6. The zero-order chi connectivity index (χ0) is 34.5. The highest BCUT2D eigenvalue weighted by atomic mass is 13.5. The monoisotopic (exact) mass is 580 g/mol. The summed E-state index contributed by atoms with van der Waals surface area (Å²) in [7, 11) is 0. The quantitative estimate of drug-likeness (QED) is 0.255. The van der Waals surface area contributed by atoms with Crippen molar-refractivity contribution in [1.29, 1.82) is 0 Å². The summed E-state index contributed by atoms with van der Waals surface area (Å²) in [5.41, 5.74) is 114. The van der Waals surface area contributed by atoms with Gasteiger partial charge in [0, 0.05) is 160 Å². The Hall–Kier alpha value is -10.4. The molecule has 0 saturated carbocycles. The van der Waals surface area contributed by atoms with Crippen LogP contribution in [0.15, 0.2) is 277 Å². The Kier molecular flexibility index (Phi) is 28.7. The lowest BCUT2D eigenvalue weighted by molar-refractivity contribution is 2.10. The molecular weight excluding hydrogens is 577 g/mol. The van der Waals surface area contributed by atoms with Crippen LogP contribution < -0.4 is 0 Å². The minimum atomic E-state index is 2.37. The van der Waals surface area contributed by atoms with Gasteiger partial charge in [-0.25, -0.2) is 0 Å². The fourth-order valence-electron chi connectivity index (χ4n) is 1.40. The maximum Gasteiger partial charge on any atom is 0 e. The lowest BCUT2D eigenvalue weighted by atomic mass is 10.6. The summed E-state index contributed by atoms with van der Waals surface area (Å²) in [6.45, 7) is 6.62. The van der Waals surface area contributed by atoms with Crippen molar-refractivity contribution in [3.63, 3.8) is 0 Å². The Morgan fingerprint density at radius 2 is 0.167 bits per heavy atom. The minimum Gasteiger partial charge on any atom is -0.0687 e. The molecule has 0 amide bonds. The standard InChI is InChI=1S/C48H4/c1-3-5-7-9-11-13-15-17-19-21-23-25-27-29-31-33-35-37-39-41-43-45-47-48-46-44-42-40-38-36-34-32-30-28-26-24-22-20-18-16-14-12-10-8-6-4-2/h1-2H2. The number of hydrogen-bond donors (Lipinski definition) is 0. The predicted molar refractivity (Wildman–Crippen MR) is 173 cm³/mol. The molecule has 48 heavy (non-hydrogen) atoms. The molecule has 0 aliphatic carbocycles. The molecule has 0 aromatic carbocycles. The highest BCUT2D eigenvalue weighted by molar-refractivity contribution is 4.96. The molecular formula is C48H4. The van der Waals surface area contributed by atoms with E-state index in [4.69, 9.17) is 0 Å². The van der Waals surface area contributed by atoms with E-state index in [-0.39, 0.29) is 0 Å². The van der Waals surface area contributed by atoms with E-state index >= 15 is 0 Å². The van der Waals surface area contributed by atoms with Gasteiger partial charge in [-0.2, -0.15) is 0 Å². The smallest absolute Gasteiger partial charge is 0 e. The van der Waals surface area contributed by atoms with Crippen molar-refractivity contribution in [2.24, 2.45) is 0 Å². The van der Waals surface area contributed by atoms with Crippen molar-refractivity contribution in [2.45, 2.75) is 0 Å². The van der Waals surface area contributed by atoms with Gasteiger partial charge in [-0.05, 0) is 105 Å². The number of hydrogen-bond acceptors (Lipinski definition) is 0. The van der Waals surface area contributed by atoms with Gasteiger partial charge in [-0.15, -0.1) is 0 Å². The van der Waals surface area contributed by atoms with E-state index in [1.165, 1.54) is 0 Å². The molecule has 0 fully saturated rings. The van der Waals surface area contributed by atoms with Crippen LogP contribution in [-0.4, -0.2) is 0 Å². The molecule has 0 aromatic heterocycles. The minimum absolute atomic E-state index is 2.37. The van der Waals surface area contributed by atoms with Crippen molar-refractivity contribution < 1.29 is 0 Å². The highest BCUT2D eigenvalue weighted by Crippen LogP contribution is 1.61. The summed E-state index contributed by atoms with van der Waals surface area (Å²) < 4.78 is 0. The SMILES string of the molecule is C=C=C=C=C=C=C=C=C=C=C=C=C=C=C=C=C=C=C=C=C=C=C=C=C=C=C=C=C=C=C=C=C=C=C=C=C=C=C=C=C=C=C=C=C=C=C=C. The third-order valence-corrected chi connectivity index (χ3v) is 2.86. The predicted octanol–water partition coefficient (Wildman–Crippen LogP) is 7.94. The van der Waals surface area contributed by atoms with Gasteiger partial charge < -0.3 is 0 Å². The van der Waals surface area contributed by atoms with E-state index in [1.807, 2.05) is 0 Å². The van der Waals surface area contributed by atoms with E-state index in [1.54, 1.807) is 0 Å². The molecule has 0 spiro atoms. The molecule has 0 heteroatoms. The van der Waals surface area contributed by atoms with Gasteiger partial charge in [0.05, 0.1) is 0 Å². The lowest BCUT2D eigenvalue weighted by Gasteiger charge is -1.41. The first-order chi connectivity index (χ1) is 23.9. The van der Waals surface area contributed by atoms with E-state index in [2.05, 4.69) is 277 Å². The summed E-state index contributed by atoms with van der Waals surface area (Å²) in [6, 6.07) is 0. The average molecular weight is 581 g/mol. The maximum atomic E-state index is 3.31. The molecule has 0 nitrogen and oxygen atoms in total. The lowest BCUT2D eigenvalue weighted by Crippen LogP contribution is -1.26. The molecule has 0 radical (unpaired) electrons. The van der Waals surface area contributed by atoms with Gasteiger partial charge in [-0.1, -0.05) is 11.5 Å². The fourth-order valence-corrected chi connectivity index (χ4v) is 1.40. The van der Waals surface area contributed by atoms with Gasteiger partial charge in [0.15, 0.2) is 0 Å². The second-order valence-corrected chi connectivity index (χ2v) is 5.85. The molecule has 196 valence electrons. The molecule has 0 aromatic rings. The molecule has 0 N–H and O–H groups in total. The summed E-state index contributed by atoms with van der Waals surface area (Å²) in [4.78, 5) is 0. The largest absolute Gasteiger partial charge is 0.0687 e. The van der Waals surface area contributed by atoms with Crippen LogP contribution in [0, 0.1) is 0 Å². The second-order valence-electron chi connectivity index (χ2n) is 5.85. The van der Waals surface area contributed by atoms with Gasteiger partial charge in [0.25, 0.3) is 0 Å². The van der Waals surface area contributed by atoms with Gasteiger partial charge in [0.1, 0.15) is 0 Å². The van der Waals surface area contributed by atoms with Crippen LogP contribution in [0.25, 0.3) is 0 Å². The third-order valence-electron chi connectivity index (χ3n) is 2.86. The van der Waals surface area contributed by atoms with Gasteiger partial charge in [0.2, 0.25) is 0 Å². The van der Waals surface area contributed by atoms with E-state index in [0.29, 0.717) is 0 Å². The van der Waals surface area contributed by atoms with Crippen LogP contribution in [0.1, 0.15) is 0 Å². The molecule has 0 aliphatic heterocycles. The Morgan fingerprint density at radius 1 is 0.104 bits per heavy atom. The van der Waals surface area contributed by atoms with Crippen LogP contribution in [0.3, 0.4) is 0 Å². The van der Waals surface area contributed by atoms with Crippen molar-refractivity contribution in [2.75, 3.05) is 0 Å². The molecule has 0 saturated heterocycles. The van der Waals surface area contributed by atoms with Crippen LogP contribution in [0.4, 0.5) is 0 Å². The van der Waals surface area contributed by atoms with E-state index < -0.39 is 0 Å². The van der Waals surface area contributed by atoms with Crippen LogP contribution >= 0.6 is 0 Å². The van der Waals surface area contributed by atoms with Crippen molar-refractivity contribution in [1.82, 2.24) is 0 Å². The summed E-state index contributed by atoms with van der Waals surface area (Å²) in [6.07, 6.45) is 0. The Labute approximate surface area is 275 Å². The zero-order valence-corrected chi connectivity index (χ0v) is 24.4. The van der Waals surface area contributed by atoms with Crippen LogP contribution in [0.2, 0.25) is 0 Å².